The molecule has 0 saturated carbocycles. The molecular weight excluding hydrogens is 347 g/mol. The number of halogens is 3. The number of carbonyl (C=O) groups excluding carboxylic acids is 1. The number of rotatable bonds is 2. The van der Waals surface area contributed by atoms with Crippen LogP contribution < -0.4 is 4.74 Å². The molecule has 1 heterocycles. The molecule has 0 aliphatic heterocycles. The van der Waals surface area contributed by atoms with Crippen molar-refractivity contribution >= 4 is 51.8 Å². The molecular formula is C15H7Cl3N2O2. The Bertz CT molecular complexity index is 861. The fraction of sp³-hybridized carbons (Fsp3) is 0. The van der Waals surface area contributed by atoms with Crippen LogP contribution >= 0.6 is 34.8 Å². The summed E-state index contributed by atoms with van der Waals surface area (Å²) in [4.78, 5) is 20.5. The van der Waals surface area contributed by atoms with Crippen molar-refractivity contribution in [3.8, 4) is 5.75 Å². The lowest BCUT2D eigenvalue weighted by molar-refractivity contribution is 0.0729. The Labute approximate surface area is 140 Å². The zero-order valence-corrected chi connectivity index (χ0v) is 13.2. The van der Waals surface area contributed by atoms with Gasteiger partial charge in [0.05, 0.1) is 27.3 Å². The first-order valence-corrected chi connectivity index (χ1v) is 7.26. The molecule has 0 bridgehead atoms. The zero-order chi connectivity index (χ0) is 15.7. The van der Waals surface area contributed by atoms with Gasteiger partial charge in [0.15, 0.2) is 11.4 Å². The lowest BCUT2D eigenvalue weighted by Crippen LogP contribution is -2.11. The quantitative estimate of drug-likeness (QED) is 0.490. The second-order valence-corrected chi connectivity index (χ2v) is 5.58. The lowest BCUT2D eigenvalue weighted by Gasteiger charge is -2.08. The summed E-state index contributed by atoms with van der Waals surface area (Å²) in [5.41, 5.74) is 1.33. The number of ether oxygens (including phenoxy) is 1. The monoisotopic (exact) mass is 352 g/mol. The number of benzene rings is 2. The first-order valence-electron chi connectivity index (χ1n) is 6.13. The van der Waals surface area contributed by atoms with Crippen LogP contribution in [0.15, 0.2) is 42.6 Å². The Kier molecular flexibility index (Phi) is 4.16. The molecule has 3 rings (SSSR count). The van der Waals surface area contributed by atoms with E-state index in [4.69, 9.17) is 39.5 Å². The molecule has 1 aromatic heterocycles. The van der Waals surface area contributed by atoms with Gasteiger partial charge in [-0.15, -0.1) is 0 Å². The lowest BCUT2D eigenvalue weighted by atomic mass is 10.3. The molecule has 0 atom stereocenters. The van der Waals surface area contributed by atoms with E-state index in [9.17, 15) is 4.79 Å². The maximum atomic E-state index is 12.2. The number of esters is 1. The van der Waals surface area contributed by atoms with Crippen molar-refractivity contribution in [3.05, 3.63) is 63.4 Å². The molecule has 0 amide bonds. The van der Waals surface area contributed by atoms with Gasteiger partial charge in [-0.05, 0) is 24.3 Å². The van der Waals surface area contributed by atoms with E-state index in [-0.39, 0.29) is 21.5 Å². The van der Waals surface area contributed by atoms with Crippen LogP contribution in [0.3, 0.4) is 0 Å². The second kappa shape index (κ2) is 6.08. The van der Waals surface area contributed by atoms with E-state index in [1.165, 1.54) is 18.3 Å². The predicted molar refractivity (Wildman–Crippen MR) is 86.0 cm³/mol. The van der Waals surface area contributed by atoms with Crippen LogP contribution in [0.25, 0.3) is 11.0 Å². The molecule has 7 heteroatoms. The summed E-state index contributed by atoms with van der Waals surface area (Å²) in [5.74, 6) is -0.669. The summed E-state index contributed by atoms with van der Waals surface area (Å²) in [6.07, 6.45) is 1.34. The number of aromatic nitrogens is 2. The predicted octanol–water partition coefficient (Wildman–Crippen LogP) is 4.81. The smallest absolute Gasteiger partial charge is 0.364 e. The van der Waals surface area contributed by atoms with Crippen LogP contribution in [-0.4, -0.2) is 15.9 Å². The molecule has 0 unspecified atom stereocenters. The van der Waals surface area contributed by atoms with E-state index in [1.807, 2.05) is 6.07 Å². The topological polar surface area (TPSA) is 52.1 Å². The van der Waals surface area contributed by atoms with Crippen LogP contribution in [0.4, 0.5) is 0 Å². The Hall–Kier alpha value is -1.88. The Balaban J connectivity index is 1.93. The highest BCUT2D eigenvalue weighted by Gasteiger charge is 2.17. The van der Waals surface area contributed by atoms with E-state index in [0.717, 1.165) is 0 Å². The Morgan fingerprint density at radius 1 is 1.00 bits per heavy atom. The molecule has 0 N–H and O–H groups in total. The van der Waals surface area contributed by atoms with Gasteiger partial charge < -0.3 is 4.74 Å². The minimum absolute atomic E-state index is 0.0349. The number of hydrogen-bond acceptors (Lipinski definition) is 4. The van der Waals surface area contributed by atoms with E-state index >= 15 is 0 Å². The molecule has 2 aromatic carbocycles. The first kappa shape index (κ1) is 15.0. The van der Waals surface area contributed by atoms with Crippen LogP contribution in [0, 0.1) is 0 Å². The summed E-state index contributed by atoms with van der Waals surface area (Å²) in [6.45, 7) is 0. The SMILES string of the molecule is O=C(Oc1c(Cl)cc(Cl)cc1Cl)c1cnc2ccccc2n1. The molecule has 22 heavy (non-hydrogen) atoms. The summed E-state index contributed by atoms with van der Waals surface area (Å²) in [7, 11) is 0. The third-order valence-electron chi connectivity index (χ3n) is 2.82. The fourth-order valence-electron chi connectivity index (χ4n) is 1.83. The number of para-hydroxylation sites is 2. The van der Waals surface area contributed by atoms with Crippen molar-refractivity contribution in [2.24, 2.45) is 0 Å². The van der Waals surface area contributed by atoms with Crippen LogP contribution in [-0.2, 0) is 0 Å². The highest BCUT2D eigenvalue weighted by molar-refractivity contribution is 6.40. The fourth-order valence-corrected chi connectivity index (χ4v) is 2.72. The highest BCUT2D eigenvalue weighted by atomic mass is 35.5. The average molecular weight is 354 g/mol. The highest BCUT2D eigenvalue weighted by Crippen LogP contribution is 2.36. The van der Waals surface area contributed by atoms with Crippen LogP contribution in [0.2, 0.25) is 15.1 Å². The van der Waals surface area contributed by atoms with Crippen molar-refractivity contribution in [3.63, 3.8) is 0 Å². The third kappa shape index (κ3) is 2.99. The zero-order valence-electron chi connectivity index (χ0n) is 10.9. The maximum Gasteiger partial charge on any atom is 0.364 e. The van der Waals surface area contributed by atoms with Gasteiger partial charge in [-0.1, -0.05) is 46.9 Å². The molecule has 0 radical (unpaired) electrons. The standard InChI is InChI=1S/C15H7Cl3N2O2/c16-8-5-9(17)14(10(18)6-8)22-15(21)13-7-19-11-3-1-2-4-12(11)20-13/h1-7H. The van der Waals surface area contributed by atoms with Gasteiger partial charge in [0.1, 0.15) is 0 Å². The van der Waals surface area contributed by atoms with E-state index < -0.39 is 5.97 Å². The van der Waals surface area contributed by atoms with Gasteiger partial charge in [0, 0.05) is 5.02 Å². The minimum Gasteiger partial charge on any atom is -0.419 e. The van der Waals surface area contributed by atoms with E-state index in [2.05, 4.69) is 9.97 Å². The minimum atomic E-state index is -0.704. The Morgan fingerprint density at radius 3 is 2.32 bits per heavy atom. The van der Waals surface area contributed by atoms with Crippen molar-refractivity contribution in [1.82, 2.24) is 9.97 Å². The normalized spacial score (nSPS) is 10.7. The second-order valence-electron chi connectivity index (χ2n) is 4.33. The van der Waals surface area contributed by atoms with Gasteiger partial charge in [0.2, 0.25) is 0 Å². The molecule has 110 valence electrons. The molecule has 0 aliphatic rings. The molecule has 3 aromatic rings. The molecule has 0 spiro atoms. The van der Waals surface area contributed by atoms with Crippen LogP contribution in [0.5, 0.6) is 5.75 Å². The maximum absolute atomic E-state index is 12.2. The van der Waals surface area contributed by atoms with Crippen molar-refractivity contribution < 1.29 is 9.53 Å². The van der Waals surface area contributed by atoms with Gasteiger partial charge in [-0.25, -0.2) is 9.78 Å². The van der Waals surface area contributed by atoms with E-state index in [1.54, 1.807) is 18.2 Å². The average Bonchev–Trinajstić information content (AvgIpc) is 2.50. The molecule has 4 nitrogen and oxygen atoms in total. The third-order valence-corrected chi connectivity index (χ3v) is 3.60. The van der Waals surface area contributed by atoms with Gasteiger partial charge in [-0.3, -0.25) is 4.98 Å². The Morgan fingerprint density at radius 2 is 1.64 bits per heavy atom. The molecule has 0 fully saturated rings. The molecule has 0 saturated heterocycles. The van der Waals surface area contributed by atoms with Gasteiger partial charge in [-0.2, -0.15) is 0 Å². The van der Waals surface area contributed by atoms with Crippen LogP contribution in [0.1, 0.15) is 10.5 Å². The summed E-state index contributed by atoms with van der Waals surface area (Å²) >= 11 is 17.8. The summed E-state index contributed by atoms with van der Waals surface area (Å²) in [5, 5.41) is 0.625. The number of fused-ring (bicyclic) bond motifs is 1. The van der Waals surface area contributed by atoms with Gasteiger partial charge >= 0.3 is 5.97 Å². The number of carbonyl (C=O) groups is 1. The van der Waals surface area contributed by atoms with Crippen molar-refractivity contribution in [2.75, 3.05) is 0 Å². The molecule has 0 aliphatic carbocycles. The largest absolute Gasteiger partial charge is 0.419 e. The van der Waals surface area contributed by atoms with Crippen molar-refractivity contribution in [2.45, 2.75) is 0 Å². The van der Waals surface area contributed by atoms with E-state index in [0.29, 0.717) is 16.1 Å². The first-order chi connectivity index (χ1) is 10.5. The van der Waals surface area contributed by atoms with Crippen molar-refractivity contribution in [1.29, 1.82) is 0 Å². The van der Waals surface area contributed by atoms with Gasteiger partial charge in [0.25, 0.3) is 0 Å². The summed E-state index contributed by atoms with van der Waals surface area (Å²) < 4.78 is 5.20. The number of hydrogen-bond donors (Lipinski definition) is 0. The number of nitrogens with zero attached hydrogens (tertiary/aromatic N) is 2. The summed E-state index contributed by atoms with van der Waals surface area (Å²) in [6, 6.07) is 10.1.